The molecule has 0 atom stereocenters. The van der Waals surface area contributed by atoms with Gasteiger partial charge in [-0.25, -0.2) is 4.39 Å². The number of ether oxygens (including phenoxy) is 1. The number of rotatable bonds is 6. The summed E-state index contributed by atoms with van der Waals surface area (Å²) in [6, 6.07) is 10.9. The van der Waals surface area contributed by atoms with Crippen LogP contribution in [-0.4, -0.2) is 15.6 Å². The van der Waals surface area contributed by atoms with Gasteiger partial charge in [0.2, 0.25) is 5.78 Å². The minimum atomic E-state index is -0.314. The zero-order chi connectivity index (χ0) is 16.9. The van der Waals surface area contributed by atoms with Crippen LogP contribution in [0.3, 0.4) is 0 Å². The normalized spacial score (nSPS) is 11.1. The van der Waals surface area contributed by atoms with Crippen LogP contribution in [0, 0.1) is 5.82 Å². The lowest BCUT2D eigenvalue weighted by atomic mass is 10.2. The fourth-order valence-electron chi connectivity index (χ4n) is 2.04. The number of nitrogens with zero attached hydrogens (tertiary/aromatic N) is 2. The van der Waals surface area contributed by atoms with Gasteiger partial charge < -0.3 is 9.15 Å². The molecule has 1 aromatic carbocycles. The smallest absolute Gasteiger partial charge is 0.206 e. The predicted molar refractivity (Wildman–Crippen MR) is 86.0 cm³/mol. The zero-order valence-electron chi connectivity index (χ0n) is 13.0. The molecule has 0 radical (unpaired) electrons. The Hall–Kier alpha value is -3.15. The number of aromatic nitrogens is 2. The molecule has 5 nitrogen and oxygen atoms in total. The largest absolute Gasteiger partial charge is 0.486 e. The molecule has 122 valence electrons. The maximum atomic E-state index is 12.8. The van der Waals surface area contributed by atoms with E-state index in [9.17, 15) is 9.18 Å². The monoisotopic (exact) mass is 326 g/mol. The maximum absolute atomic E-state index is 12.8. The molecule has 0 fully saturated rings. The van der Waals surface area contributed by atoms with Crippen LogP contribution in [0.25, 0.3) is 6.08 Å². The molecule has 2 heterocycles. The molecule has 0 aliphatic rings. The molecule has 0 amide bonds. The van der Waals surface area contributed by atoms with Crippen LogP contribution in [0.15, 0.2) is 59.2 Å². The third-order valence-corrected chi connectivity index (χ3v) is 3.24. The average molecular weight is 326 g/mol. The average Bonchev–Trinajstić information content (AvgIpc) is 3.21. The Balaban J connectivity index is 1.58. The Kier molecular flexibility index (Phi) is 4.56. The Morgan fingerprint density at radius 2 is 2.04 bits per heavy atom. The van der Waals surface area contributed by atoms with Crippen molar-refractivity contribution < 1.29 is 18.3 Å². The number of ketones is 1. The first-order valence-electron chi connectivity index (χ1n) is 7.29. The van der Waals surface area contributed by atoms with E-state index in [0.717, 1.165) is 0 Å². The first-order valence-corrected chi connectivity index (χ1v) is 7.29. The summed E-state index contributed by atoms with van der Waals surface area (Å²) < 4.78 is 25.4. The first kappa shape index (κ1) is 15.7. The van der Waals surface area contributed by atoms with E-state index >= 15 is 0 Å². The maximum Gasteiger partial charge on any atom is 0.206 e. The van der Waals surface area contributed by atoms with E-state index in [-0.39, 0.29) is 18.2 Å². The molecule has 0 N–H and O–H groups in total. The molecule has 3 rings (SSSR count). The molecular formula is C18H15FN2O3. The first-order chi connectivity index (χ1) is 11.6. The topological polar surface area (TPSA) is 57.3 Å². The second-order valence-corrected chi connectivity index (χ2v) is 5.12. The van der Waals surface area contributed by atoms with E-state index in [0.29, 0.717) is 23.0 Å². The van der Waals surface area contributed by atoms with Crippen molar-refractivity contribution in [2.24, 2.45) is 7.05 Å². The standard InChI is InChI=1S/C18H15FN2O3/c1-21-11-10-17(20-21)18(22)9-8-15-6-7-16(24-15)12-23-14-4-2-13(19)3-5-14/h2-11H,12H2,1H3/b9-8+. The predicted octanol–water partition coefficient (Wildman–Crippen LogP) is 3.63. The van der Waals surface area contributed by atoms with Crippen molar-refractivity contribution in [3.05, 3.63) is 77.8 Å². The molecule has 3 aromatic rings. The number of hydrogen-bond donors (Lipinski definition) is 0. The summed E-state index contributed by atoms with van der Waals surface area (Å²) in [6.07, 6.45) is 4.70. The van der Waals surface area contributed by atoms with Gasteiger partial charge in [-0.15, -0.1) is 0 Å². The van der Waals surface area contributed by atoms with Gasteiger partial charge in [0.25, 0.3) is 0 Å². The number of furan rings is 1. The lowest BCUT2D eigenvalue weighted by Crippen LogP contribution is -1.97. The Morgan fingerprint density at radius 3 is 2.75 bits per heavy atom. The minimum absolute atomic E-state index is 0.198. The van der Waals surface area contributed by atoms with Crippen molar-refractivity contribution in [3.63, 3.8) is 0 Å². The summed E-state index contributed by atoms with van der Waals surface area (Å²) in [4.78, 5) is 11.9. The summed E-state index contributed by atoms with van der Waals surface area (Å²) in [5.41, 5.74) is 0.375. The van der Waals surface area contributed by atoms with Gasteiger partial charge in [-0.1, -0.05) is 0 Å². The summed E-state index contributed by atoms with van der Waals surface area (Å²) in [6.45, 7) is 0.216. The number of carbonyl (C=O) groups excluding carboxylic acids is 1. The number of benzene rings is 1. The van der Waals surface area contributed by atoms with Crippen LogP contribution in [0.4, 0.5) is 4.39 Å². The van der Waals surface area contributed by atoms with Gasteiger partial charge in [0.1, 0.15) is 35.4 Å². The SMILES string of the molecule is Cn1ccc(C(=O)/C=C/c2ccc(COc3ccc(F)cc3)o2)n1. The quantitative estimate of drug-likeness (QED) is 0.513. The summed E-state index contributed by atoms with van der Waals surface area (Å²) >= 11 is 0. The third-order valence-electron chi connectivity index (χ3n) is 3.24. The zero-order valence-corrected chi connectivity index (χ0v) is 13.0. The number of hydrogen-bond acceptors (Lipinski definition) is 4. The lowest BCUT2D eigenvalue weighted by molar-refractivity contribution is 0.104. The third kappa shape index (κ3) is 3.98. The molecule has 0 aliphatic heterocycles. The van der Waals surface area contributed by atoms with E-state index in [4.69, 9.17) is 9.15 Å². The summed E-state index contributed by atoms with van der Waals surface area (Å²) in [5, 5.41) is 4.04. The second kappa shape index (κ2) is 6.95. The molecule has 0 saturated carbocycles. The van der Waals surface area contributed by atoms with Crippen LogP contribution < -0.4 is 4.74 Å². The highest BCUT2D eigenvalue weighted by atomic mass is 19.1. The molecule has 24 heavy (non-hydrogen) atoms. The number of allylic oxidation sites excluding steroid dienone is 1. The molecule has 6 heteroatoms. The van der Waals surface area contributed by atoms with E-state index in [2.05, 4.69) is 5.10 Å². The lowest BCUT2D eigenvalue weighted by Gasteiger charge is -2.03. The highest BCUT2D eigenvalue weighted by Gasteiger charge is 2.06. The highest BCUT2D eigenvalue weighted by molar-refractivity contribution is 6.05. The van der Waals surface area contributed by atoms with Gasteiger partial charge in [-0.05, 0) is 54.6 Å². The van der Waals surface area contributed by atoms with E-state index in [1.54, 1.807) is 54.3 Å². The molecule has 2 aromatic heterocycles. The van der Waals surface area contributed by atoms with Gasteiger partial charge in [0, 0.05) is 13.2 Å². The van der Waals surface area contributed by atoms with Crippen molar-refractivity contribution in [2.45, 2.75) is 6.61 Å². The molecular weight excluding hydrogens is 311 g/mol. The van der Waals surface area contributed by atoms with Gasteiger partial charge in [-0.3, -0.25) is 9.48 Å². The molecule has 0 saturated heterocycles. The summed E-state index contributed by atoms with van der Waals surface area (Å²) in [5.74, 6) is 1.18. The van der Waals surface area contributed by atoms with Crippen LogP contribution in [0.2, 0.25) is 0 Å². The molecule has 0 spiro atoms. The fourth-order valence-corrected chi connectivity index (χ4v) is 2.04. The van der Waals surface area contributed by atoms with Crippen molar-refractivity contribution in [1.82, 2.24) is 9.78 Å². The highest BCUT2D eigenvalue weighted by Crippen LogP contribution is 2.16. The second-order valence-electron chi connectivity index (χ2n) is 5.12. The molecule has 0 aliphatic carbocycles. The number of halogens is 1. The minimum Gasteiger partial charge on any atom is -0.486 e. The van der Waals surface area contributed by atoms with Crippen LogP contribution in [-0.2, 0) is 13.7 Å². The van der Waals surface area contributed by atoms with Gasteiger partial charge in [0.05, 0.1) is 0 Å². The van der Waals surface area contributed by atoms with Crippen molar-refractivity contribution in [3.8, 4) is 5.75 Å². The van der Waals surface area contributed by atoms with Crippen LogP contribution >= 0.6 is 0 Å². The van der Waals surface area contributed by atoms with Gasteiger partial charge >= 0.3 is 0 Å². The Bertz CT molecular complexity index is 863. The van der Waals surface area contributed by atoms with Crippen molar-refractivity contribution in [2.75, 3.05) is 0 Å². The van der Waals surface area contributed by atoms with E-state index in [1.807, 2.05) is 0 Å². The van der Waals surface area contributed by atoms with E-state index < -0.39 is 0 Å². The fraction of sp³-hybridized carbons (Fsp3) is 0.111. The number of aryl methyl sites for hydroxylation is 1. The Labute approximate surface area is 138 Å². The van der Waals surface area contributed by atoms with Gasteiger partial charge in [0.15, 0.2) is 0 Å². The molecule has 0 unspecified atom stereocenters. The number of carbonyl (C=O) groups is 1. The van der Waals surface area contributed by atoms with Crippen molar-refractivity contribution in [1.29, 1.82) is 0 Å². The Morgan fingerprint density at radius 1 is 1.25 bits per heavy atom. The summed E-state index contributed by atoms with van der Waals surface area (Å²) in [7, 11) is 1.75. The van der Waals surface area contributed by atoms with Gasteiger partial charge in [-0.2, -0.15) is 5.10 Å². The van der Waals surface area contributed by atoms with Crippen molar-refractivity contribution >= 4 is 11.9 Å². The van der Waals surface area contributed by atoms with Crippen LogP contribution in [0.5, 0.6) is 5.75 Å². The molecule has 0 bridgehead atoms. The van der Waals surface area contributed by atoms with Crippen LogP contribution in [0.1, 0.15) is 22.0 Å². The van der Waals surface area contributed by atoms with E-state index in [1.165, 1.54) is 18.2 Å².